The zero-order valence-electron chi connectivity index (χ0n) is 8.45. The zero-order valence-corrected chi connectivity index (χ0v) is 9.27. The van der Waals surface area contributed by atoms with E-state index in [-0.39, 0.29) is 24.5 Å². The minimum Gasteiger partial charge on any atom is -0.469 e. The molecule has 1 atom stereocenters. The second kappa shape index (κ2) is 8.03. The standard InChI is InChI=1S/C9H17NO3.ClH/c1-12-9(11)4-2-3-8-7-10-5-6-13-8;/h8,10H,2-7H2,1H3;1H. The van der Waals surface area contributed by atoms with E-state index in [9.17, 15) is 4.79 Å². The van der Waals surface area contributed by atoms with Crippen molar-refractivity contribution in [2.24, 2.45) is 0 Å². The third-order valence-electron chi connectivity index (χ3n) is 2.14. The number of rotatable bonds is 4. The fraction of sp³-hybridized carbons (Fsp3) is 0.889. The Balaban J connectivity index is 0.00000169. The zero-order chi connectivity index (χ0) is 9.52. The first-order chi connectivity index (χ1) is 6.33. The minimum atomic E-state index is -0.135. The molecule has 4 nitrogen and oxygen atoms in total. The Bertz CT molecular complexity index is 160. The summed E-state index contributed by atoms with van der Waals surface area (Å²) in [7, 11) is 1.42. The summed E-state index contributed by atoms with van der Waals surface area (Å²) in [5, 5.41) is 3.25. The summed E-state index contributed by atoms with van der Waals surface area (Å²) in [5.74, 6) is -0.135. The highest BCUT2D eigenvalue weighted by Crippen LogP contribution is 2.07. The van der Waals surface area contributed by atoms with E-state index in [1.807, 2.05) is 0 Å². The van der Waals surface area contributed by atoms with Gasteiger partial charge in [0.1, 0.15) is 0 Å². The van der Waals surface area contributed by atoms with Gasteiger partial charge in [0.2, 0.25) is 0 Å². The maximum atomic E-state index is 10.8. The second-order valence-electron chi connectivity index (χ2n) is 3.17. The van der Waals surface area contributed by atoms with Crippen LogP contribution in [0.2, 0.25) is 0 Å². The van der Waals surface area contributed by atoms with Gasteiger partial charge in [-0.3, -0.25) is 4.79 Å². The number of morpholine rings is 1. The van der Waals surface area contributed by atoms with Crippen LogP contribution in [-0.2, 0) is 14.3 Å². The molecule has 0 aromatic carbocycles. The monoisotopic (exact) mass is 223 g/mol. The van der Waals surface area contributed by atoms with E-state index in [1.54, 1.807) is 0 Å². The lowest BCUT2D eigenvalue weighted by Gasteiger charge is -2.23. The van der Waals surface area contributed by atoms with Crippen LogP contribution in [-0.4, -0.2) is 38.9 Å². The first-order valence-electron chi connectivity index (χ1n) is 4.72. The summed E-state index contributed by atoms with van der Waals surface area (Å²) in [4.78, 5) is 10.8. The van der Waals surface area contributed by atoms with Gasteiger partial charge in [-0.2, -0.15) is 0 Å². The van der Waals surface area contributed by atoms with Crippen LogP contribution in [0.15, 0.2) is 0 Å². The molecule has 0 radical (unpaired) electrons. The average molecular weight is 224 g/mol. The predicted molar refractivity (Wildman–Crippen MR) is 55.7 cm³/mol. The number of halogens is 1. The molecular weight excluding hydrogens is 206 g/mol. The van der Waals surface area contributed by atoms with Crippen molar-refractivity contribution in [3.8, 4) is 0 Å². The van der Waals surface area contributed by atoms with E-state index in [0.717, 1.165) is 32.5 Å². The second-order valence-corrected chi connectivity index (χ2v) is 3.17. The van der Waals surface area contributed by atoms with Crippen LogP contribution in [0, 0.1) is 0 Å². The van der Waals surface area contributed by atoms with Gasteiger partial charge in [0.25, 0.3) is 0 Å². The molecule has 1 aliphatic rings. The van der Waals surface area contributed by atoms with Crippen LogP contribution in [0.25, 0.3) is 0 Å². The Hall–Kier alpha value is -0.320. The molecule has 0 bridgehead atoms. The highest BCUT2D eigenvalue weighted by Gasteiger charge is 2.13. The molecule has 0 aromatic heterocycles. The van der Waals surface area contributed by atoms with Crippen molar-refractivity contribution in [2.45, 2.75) is 25.4 Å². The van der Waals surface area contributed by atoms with E-state index in [4.69, 9.17) is 4.74 Å². The van der Waals surface area contributed by atoms with Gasteiger partial charge < -0.3 is 14.8 Å². The minimum absolute atomic E-state index is 0. The number of hydrogen-bond donors (Lipinski definition) is 1. The third-order valence-corrected chi connectivity index (χ3v) is 2.14. The van der Waals surface area contributed by atoms with Gasteiger partial charge in [-0.15, -0.1) is 12.4 Å². The molecule has 1 saturated heterocycles. The summed E-state index contributed by atoms with van der Waals surface area (Å²) in [6.07, 6.45) is 2.55. The molecule has 0 saturated carbocycles. The van der Waals surface area contributed by atoms with Crippen molar-refractivity contribution < 1.29 is 14.3 Å². The lowest BCUT2D eigenvalue weighted by molar-refractivity contribution is -0.140. The average Bonchev–Trinajstić information content (AvgIpc) is 2.19. The van der Waals surface area contributed by atoms with Crippen molar-refractivity contribution in [3.05, 3.63) is 0 Å². The molecule has 0 spiro atoms. The number of carbonyl (C=O) groups is 1. The van der Waals surface area contributed by atoms with E-state index in [1.165, 1.54) is 7.11 Å². The van der Waals surface area contributed by atoms with E-state index < -0.39 is 0 Å². The Morgan fingerprint density at radius 3 is 3.00 bits per heavy atom. The molecule has 5 heteroatoms. The van der Waals surface area contributed by atoms with Gasteiger partial charge in [0.15, 0.2) is 0 Å². The number of esters is 1. The number of methoxy groups -OCH3 is 1. The molecule has 84 valence electrons. The summed E-state index contributed by atoms with van der Waals surface area (Å²) in [5.41, 5.74) is 0. The van der Waals surface area contributed by atoms with Crippen LogP contribution in [0.5, 0.6) is 0 Å². The number of ether oxygens (including phenoxy) is 2. The Morgan fingerprint density at radius 1 is 1.64 bits per heavy atom. The van der Waals surface area contributed by atoms with E-state index in [2.05, 4.69) is 10.1 Å². The van der Waals surface area contributed by atoms with Gasteiger partial charge >= 0.3 is 5.97 Å². The molecule has 1 N–H and O–H groups in total. The smallest absolute Gasteiger partial charge is 0.305 e. The van der Waals surface area contributed by atoms with Gasteiger partial charge in [0.05, 0.1) is 19.8 Å². The topological polar surface area (TPSA) is 47.6 Å². The van der Waals surface area contributed by atoms with Gasteiger partial charge in [0, 0.05) is 19.5 Å². The summed E-state index contributed by atoms with van der Waals surface area (Å²) in [6, 6.07) is 0. The van der Waals surface area contributed by atoms with Crippen LogP contribution >= 0.6 is 12.4 Å². The van der Waals surface area contributed by atoms with Crippen molar-refractivity contribution in [2.75, 3.05) is 26.8 Å². The van der Waals surface area contributed by atoms with Crippen LogP contribution in [0.3, 0.4) is 0 Å². The maximum Gasteiger partial charge on any atom is 0.305 e. The predicted octanol–water partition coefficient (Wildman–Crippen LogP) is 0.740. The summed E-state index contributed by atoms with van der Waals surface area (Å²) < 4.78 is 10.0. The van der Waals surface area contributed by atoms with E-state index >= 15 is 0 Å². The first kappa shape index (κ1) is 13.7. The highest BCUT2D eigenvalue weighted by molar-refractivity contribution is 5.85. The lowest BCUT2D eigenvalue weighted by atomic mass is 10.1. The number of hydrogen-bond acceptors (Lipinski definition) is 4. The molecule has 0 amide bonds. The molecule has 0 aliphatic carbocycles. The Kier molecular flexibility index (Phi) is 7.84. The Morgan fingerprint density at radius 2 is 2.43 bits per heavy atom. The molecule has 1 rings (SSSR count). The largest absolute Gasteiger partial charge is 0.469 e. The van der Waals surface area contributed by atoms with Crippen LogP contribution < -0.4 is 5.32 Å². The van der Waals surface area contributed by atoms with Crippen molar-refractivity contribution in [1.82, 2.24) is 5.32 Å². The van der Waals surface area contributed by atoms with Gasteiger partial charge in [-0.05, 0) is 12.8 Å². The van der Waals surface area contributed by atoms with Crippen molar-refractivity contribution in [1.29, 1.82) is 0 Å². The van der Waals surface area contributed by atoms with Crippen molar-refractivity contribution in [3.63, 3.8) is 0 Å². The SMILES string of the molecule is COC(=O)CCCC1CNCCO1.Cl. The fourth-order valence-electron chi connectivity index (χ4n) is 1.38. The van der Waals surface area contributed by atoms with Crippen LogP contribution in [0.1, 0.15) is 19.3 Å². The quantitative estimate of drug-likeness (QED) is 0.715. The summed E-state index contributed by atoms with van der Waals surface area (Å²) in [6.45, 7) is 2.62. The van der Waals surface area contributed by atoms with Crippen LogP contribution in [0.4, 0.5) is 0 Å². The molecule has 1 heterocycles. The molecular formula is C9H18ClNO3. The normalized spacial score (nSPS) is 21.1. The maximum absolute atomic E-state index is 10.8. The van der Waals surface area contributed by atoms with E-state index in [0.29, 0.717) is 6.42 Å². The van der Waals surface area contributed by atoms with Gasteiger partial charge in [-0.25, -0.2) is 0 Å². The fourth-order valence-corrected chi connectivity index (χ4v) is 1.38. The molecule has 0 aromatic rings. The first-order valence-corrected chi connectivity index (χ1v) is 4.72. The Labute approximate surface area is 90.7 Å². The number of carbonyl (C=O) groups excluding carboxylic acids is 1. The summed E-state index contributed by atoms with van der Waals surface area (Å²) >= 11 is 0. The molecule has 1 fully saturated rings. The molecule has 1 unspecified atom stereocenters. The highest BCUT2D eigenvalue weighted by atomic mass is 35.5. The van der Waals surface area contributed by atoms with Crippen molar-refractivity contribution >= 4 is 18.4 Å². The molecule has 14 heavy (non-hydrogen) atoms. The number of nitrogens with one attached hydrogen (secondary N) is 1. The molecule has 1 aliphatic heterocycles. The third kappa shape index (κ3) is 5.42. The van der Waals surface area contributed by atoms with Gasteiger partial charge in [-0.1, -0.05) is 0 Å². The lowest BCUT2D eigenvalue weighted by Crippen LogP contribution is -2.38.